The minimum Gasteiger partial charge on any atom is -0.508 e. The molecule has 0 heterocycles. The second-order valence-electron chi connectivity index (χ2n) is 5.21. The largest absolute Gasteiger partial charge is 0.508 e. The van der Waals surface area contributed by atoms with Crippen molar-refractivity contribution in [3.05, 3.63) is 29.3 Å². The highest BCUT2D eigenvalue weighted by molar-refractivity contribution is 5.36. The molecule has 0 aliphatic heterocycles. The van der Waals surface area contributed by atoms with Crippen LogP contribution < -0.4 is 0 Å². The van der Waals surface area contributed by atoms with Gasteiger partial charge >= 0.3 is 0 Å². The zero-order chi connectivity index (χ0) is 13.5. The molecule has 0 atom stereocenters. The van der Waals surface area contributed by atoms with Gasteiger partial charge in [0, 0.05) is 6.54 Å². The van der Waals surface area contributed by atoms with Gasteiger partial charge in [-0.3, -0.25) is 0 Å². The van der Waals surface area contributed by atoms with Gasteiger partial charge in [-0.2, -0.15) is 0 Å². The molecule has 1 N–H and O–H groups in total. The summed E-state index contributed by atoms with van der Waals surface area (Å²) in [4.78, 5) is 4.54. The van der Waals surface area contributed by atoms with Crippen LogP contribution in [0.25, 0.3) is 0 Å². The number of phenols is 1. The number of aromatic hydroxyl groups is 1. The zero-order valence-corrected chi connectivity index (χ0v) is 12.1. The predicted octanol–water partition coefficient (Wildman–Crippen LogP) is 2.34. The van der Waals surface area contributed by atoms with E-state index in [-0.39, 0.29) is 0 Å². The number of rotatable bonds is 7. The summed E-state index contributed by atoms with van der Waals surface area (Å²) in [6.45, 7) is 5.24. The van der Waals surface area contributed by atoms with Crippen molar-refractivity contribution in [2.75, 3.05) is 34.2 Å². The van der Waals surface area contributed by atoms with Crippen molar-refractivity contribution in [3.63, 3.8) is 0 Å². The lowest BCUT2D eigenvalue weighted by Crippen LogP contribution is -2.23. The van der Waals surface area contributed by atoms with E-state index in [9.17, 15) is 5.11 Å². The van der Waals surface area contributed by atoms with Crippen molar-refractivity contribution in [3.8, 4) is 5.75 Å². The van der Waals surface area contributed by atoms with Gasteiger partial charge in [-0.1, -0.05) is 19.1 Å². The topological polar surface area (TPSA) is 26.7 Å². The fraction of sp³-hybridized carbons (Fsp3) is 0.600. The van der Waals surface area contributed by atoms with Crippen LogP contribution in [0.4, 0.5) is 0 Å². The third kappa shape index (κ3) is 5.07. The molecule has 1 aromatic rings. The molecule has 0 fully saturated rings. The van der Waals surface area contributed by atoms with Crippen LogP contribution in [0.3, 0.4) is 0 Å². The summed E-state index contributed by atoms with van der Waals surface area (Å²) >= 11 is 0. The molecule has 0 saturated carbocycles. The van der Waals surface area contributed by atoms with Crippen LogP contribution in [0.2, 0.25) is 0 Å². The maximum Gasteiger partial charge on any atom is 0.118 e. The molecule has 0 amide bonds. The molecule has 3 heteroatoms. The zero-order valence-electron chi connectivity index (χ0n) is 12.1. The third-order valence-electron chi connectivity index (χ3n) is 3.12. The SMILES string of the molecule is CCc1cc(CN(C)CCCN(C)C)ccc1O. The van der Waals surface area contributed by atoms with Gasteiger partial charge in [-0.25, -0.2) is 0 Å². The van der Waals surface area contributed by atoms with Crippen LogP contribution in [-0.2, 0) is 13.0 Å². The number of phenolic OH excluding ortho intramolecular Hbond substituents is 1. The Morgan fingerprint density at radius 1 is 1.11 bits per heavy atom. The van der Waals surface area contributed by atoms with E-state index in [1.165, 1.54) is 12.0 Å². The Morgan fingerprint density at radius 3 is 2.44 bits per heavy atom. The smallest absolute Gasteiger partial charge is 0.118 e. The number of hydrogen-bond donors (Lipinski definition) is 1. The second kappa shape index (κ2) is 7.39. The highest BCUT2D eigenvalue weighted by atomic mass is 16.3. The van der Waals surface area contributed by atoms with Gasteiger partial charge in [0.1, 0.15) is 5.75 Å². The molecule has 1 rings (SSSR count). The molecule has 3 nitrogen and oxygen atoms in total. The van der Waals surface area contributed by atoms with Crippen LogP contribution in [0, 0.1) is 0 Å². The van der Waals surface area contributed by atoms with E-state index in [0.717, 1.165) is 31.6 Å². The highest BCUT2D eigenvalue weighted by Crippen LogP contribution is 2.19. The maximum absolute atomic E-state index is 9.65. The standard InChI is InChI=1S/C15H26N2O/c1-5-14-11-13(7-8-15(14)18)12-17(4)10-6-9-16(2)3/h7-8,11,18H,5-6,9-10,12H2,1-4H3. The third-order valence-corrected chi connectivity index (χ3v) is 3.12. The first kappa shape index (κ1) is 15.0. The summed E-state index contributed by atoms with van der Waals surface area (Å²) in [5.41, 5.74) is 2.31. The Morgan fingerprint density at radius 2 is 1.83 bits per heavy atom. The van der Waals surface area contributed by atoms with E-state index in [4.69, 9.17) is 0 Å². The summed E-state index contributed by atoms with van der Waals surface area (Å²) < 4.78 is 0. The van der Waals surface area contributed by atoms with Crippen molar-refractivity contribution in [1.29, 1.82) is 0 Å². The molecule has 0 radical (unpaired) electrons. The lowest BCUT2D eigenvalue weighted by Gasteiger charge is -2.18. The number of aryl methyl sites for hydroxylation is 1. The molecular weight excluding hydrogens is 224 g/mol. The van der Waals surface area contributed by atoms with Crippen molar-refractivity contribution in [2.24, 2.45) is 0 Å². The fourth-order valence-corrected chi connectivity index (χ4v) is 2.07. The van der Waals surface area contributed by atoms with Crippen LogP contribution in [-0.4, -0.2) is 49.1 Å². The normalized spacial score (nSPS) is 11.4. The Labute approximate surface area is 111 Å². The van der Waals surface area contributed by atoms with E-state index in [2.05, 4.69) is 43.9 Å². The molecule has 0 unspecified atom stereocenters. The highest BCUT2D eigenvalue weighted by Gasteiger charge is 2.04. The van der Waals surface area contributed by atoms with Gasteiger partial charge in [0.15, 0.2) is 0 Å². The molecule has 1 aromatic carbocycles. The molecule has 0 saturated heterocycles. The molecule has 0 aromatic heterocycles. The van der Waals surface area contributed by atoms with Crippen LogP contribution in [0.1, 0.15) is 24.5 Å². The molecule has 0 bridgehead atoms. The lowest BCUT2D eigenvalue weighted by atomic mass is 10.1. The fourth-order valence-electron chi connectivity index (χ4n) is 2.07. The number of nitrogens with zero attached hydrogens (tertiary/aromatic N) is 2. The second-order valence-corrected chi connectivity index (χ2v) is 5.21. The first-order valence-electron chi connectivity index (χ1n) is 6.67. The lowest BCUT2D eigenvalue weighted by molar-refractivity contribution is 0.294. The van der Waals surface area contributed by atoms with Gasteiger partial charge < -0.3 is 14.9 Å². The van der Waals surface area contributed by atoms with Gasteiger partial charge in [-0.05, 0) is 64.3 Å². The van der Waals surface area contributed by atoms with E-state index < -0.39 is 0 Å². The van der Waals surface area contributed by atoms with Crippen LogP contribution in [0.15, 0.2) is 18.2 Å². The summed E-state index contributed by atoms with van der Waals surface area (Å²) in [5, 5.41) is 9.65. The first-order valence-corrected chi connectivity index (χ1v) is 6.67. The Bertz CT molecular complexity index is 364. The average Bonchev–Trinajstić information content (AvgIpc) is 2.31. The van der Waals surface area contributed by atoms with Crippen molar-refractivity contribution in [1.82, 2.24) is 9.80 Å². The summed E-state index contributed by atoms with van der Waals surface area (Å²) in [6, 6.07) is 5.93. The average molecular weight is 250 g/mol. The van der Waals surface area contributed by atoms with Gasteiger partial charge in [0.25, 0.3) is 0 Å². The Hall–Kier alpha value is -1.06. The van der Waals surface area contributed by atoms with E-state index in [1.807, 2.05) is 12.1 Å². The van der Waals surface area contributed by atoms with E-state index in [0.29, 0.717) is 5.75 Å². The molecule has 0 aliphatic rings. The van der Waals surface area contributed by atoms with E-state index in [1.54, 1.807) is 0 Å². The minimum absolute atomic E-state index is 0.413. The van der Waals surface area contributed by atoms with E-state index >= 15 is 0 Å². The Balaban J connectivity index is 2.46. The Kier molecular flexibility index (Phi) is 6.16. The number of benzene rings is 1. The predicted molar refractivity (Wildman–Crippen MR) is 77.0 cm³/mol. The van der Waals surface area contributed by atoms with Gasteiger partial charge in [0.2, 0.25) is 0 Å². The minimum atomic E-state index is 0.413. The van der Waals surface area contributed by atoms with Crippen molar-refractivity contribution < 1.29 is 5.11 Å². The van der Waals surface area contributed by atoms with Gasteiger partial charge in [-0.15, -0.1) is 0 Å². The monoisotopic (exact) mass is 250 g/mol. The molecule has 0 spiro atoms. The van der Waals surface area contributed by atoms with Crippen molar-refractivity contribution in [2.45, 2.75) is 26.3 Å². The van der Waals surface area contributed by atoms with Crippen LogP contribution >= 0.6 is 0 Å². The summed E-state index contributed by atoms with van der Waals surface area (Å²) in [7, 11) is 6.36. The quantitative estimate of drug-likeness (QED) is 0.804. The summed E-state index contributed by atoms with van der Waals surface area (Å²) in [6.07, 6.45) is 2.06. The molecular formula is C15H26N2O. The molecule has 102 valence electrons. The summed E-state index contributed by atoms with van der Waals surface area (Å²) in [5.74, 6) is 0.413. The molecule has 18 heavy (non-hydrogen) atoms. The van der Waals surface area contributed by atoms with Crippen LogP contribution in [0.5, 0.6) is 5.75 Å². The first-order chi connectivity index (χ1) is 8.52. The maximum atomic E-state index is 9.65. The van der Waals surface area contributed by atoms with Crippen molar-refractivity contribution >= 4 is 0 Å². The number of hydrogen-bond acceptors (Lipinski definition) is 3. The molecule has 0 aliphatic carbocycles. The van der Waals surface area contributed by atoms with Gasteiger partial charge in [0.05, 0.1) is 0 Å².